The van der Waals surface area contributed by atoms with Gasteiger partial charge in [-0.1, -0.05) is 20.8 Å². The lowest BCUT2D eigenvalue weighted by Crippen LogP contribution is -2.29. The second-order valence-electron chi connectivity index (χ2n) is 8.27. The first-order valence-electron chi connectivity index (χ1n) is 9.35. The third-order valence-corrected chi connectivity index (χ3v) is 8.26. The van der Waals surface area contributed by atoms with E-state index in [1.807, 2.05) is 13.8 Å². The van der Waals surface area contributed by atoms with Gasteiger partial charge in [-0.25, -0.2) is 4.98 Å². The van der Waals surface area contributed by atoms with Gasteiger partial charge in [-0.05, 0) is 38.5 Å². The Labute approximate surface area is 174 Å². The highest BCUT2D eigenvalue weighted by Crippen LogP contribution is 2.53. The number of aryl methyl sites for hydroxylation is 1. The fraction of sp³-hybridized carbons (Fsp3) is 0.476. The molecule has 1 aromatic carbocycles. The van der Waals surface area contributed by atoms with E-state index < -0.39 is 16.2 Å². The zero-order valence-electron chi connectivity index (χ0n) is 18.1. The van der Waals surface area contributed by atoms with Crippen molar-refractivity contribution in [3.8, 4) is 11.5 Å². The number of phenolic OH excluding ortho intramolecular Hbond substituents is 1. The monoisotopic (exact) mass is 421 g/mol. The van der Waals surface area contributed by atoms with Crippen LogP contribution in [0.1, 0.15) is 43.7 Å². The van der Waals surface area contributed by atoms with Crippen LogP contribution in [0.4, 0.5) is 5.82 Å². The molecule has 160 valence electrons. The molecule has 0 spiro atoms. The molecule has 0 saturated carbocycles. The molecule has 0 radical (unpaired) electrons. The number of amides is 1. The van der Waals surface area contributed by atoms with Crippen LogP contribution >= 0.6 is 10.3 Å². The molecule has 0 aliphatic rings. The highest BCUT2D eigenvalue weighted by Gasteiger charge is 2.29. The minimum absolute atomic E-state index is 0.0574. The zero-order valence-corrected chi connectivity index (χ0v) is 19.0. The smallest absolute Gasteiger partial charge is 0.257 e. The highest BCUT2D eigenvalue weighted by atomic mass is 32.3. The van der Waals surface area contributed by atoms with E-state index in [0.29, 0.717) is 18.2 Å². The molecule has 2 aromatic rings. The number of ether oxygens (including phenoxy) is 1. The Morgan fingerprint density at radius 3 is 2.48 bits per heavy atom. The van der Waals surface area contributed by atoms with E-state index in [2.05, 4.69) is 48.6 Å². The largest absolute Gasteiger partial charge is 0.508 e. The Morgan fingerprint density at radius 1 is 1.21 bits per heavy atom. The van der Waals surface area contributed by atoms with Crippen LogP contribution in [0.15, 0.2) is 30.6 Å². The molecule has 1 amide bonds. The summed E-state index contributed by atoms with van der Waals surface area (Å²) < 4.78 is 12.1. The fourth-order valence-corrected chi connectivity index (χ4v) is 3.02. The lowest BCUT2D eigenvalue weighted by molar-refractivity contribution is 0.102. The van der Waals surface area contributed by atoms with Gasteiger partial charge in [0.2, 0.25) is 0 Å². The molecule has 1 atom stereocenters. The maximum absolute atomic E-state index is 12.5. The summed E-state index contributed by atoms with van der Waals surface area (Å²) in [6, 6.07) is 4.42. The second kappa shape index (κ2) is 9.00. The molecule has 29 heavy (non-hydrogen) atoms. The van der Waals surface area contributed by atoms with E-state index in [-0.39, 0.29) is 22.2 Å². The van der Waals surface area contributed by atoms with Crippen LogP contribution in [0.2, 0.25) is 0 Å². The van der Waals surface area contributed by atoms with Crippen LogP contribution in [0, 0.1) is 6.92 Å². The summed E-state index contributed by atoms with van der Waals surface area (Å²) >= 11 is 0. The van der Waals surface area contributed by atoms with Gasteiger partial charge in [0.25, 0.3) is 5.91 Å². The zero-order chi connectivity index (χ0) is 21.8. The predicted octanol–water partition coefficient (Wildman–Crippen LogP) is 4.30. The first-order valence-corrected chi connectivity index (χ1v) is 11.7. The molecule has 8 heteroatoms. The highest BCUT2D eigenvalue weighted by molar-refractivity contribution is 8.29. The van der Waals surface area contributed by atoms with Crippen molar-refractivity contribution in [3.63, 3.8) is 0 Å². The van der Waals surface area contributed by atoms with Gasteiger partial charge in [0.1, 0.15) is 17.6 Å². The van der Waals surface area contributed by atoms with Gasteiger partial charge in [0, 0.05) is 16.4 Å². The average molecular weight is 422 g/mol. The number of aromatic nitrogens is 2. The maximum Gasteiger partial charge on any atom is 0.257 e. The summed E-state index contributed by atoms with van der Waals surface area (Å²) in [5.74, 6) is 0.257. The third-order valence-electron chi connectivity index (χ3n) is 4.59. The lowest BCUT2D eigenvalue weighted by atomic mass is 10.2. The molecule has 1 heterocycles. The van der Waals surface area contributed by atoms with Crippen molar-refractivity contribution in [3.05, 3.63) is 41.9 Å². The van der Waals surface area contributed by atoms with Crippen LogP contribution in [0.3, 0.4) is 0 Å². The van der Waals surface area contributed by atoms with Gasteiger partial charge in [0.15, 0.2) is 5.82 Å². The number of anilines is 1. The molecule has 2 N–H and O–H groups in total. The number of carbonyl (C=O) groups excluding carboxylic acids is 1. The van der Waals surface area contributed by atoms with Crippen molar-refractivity contribution in [1.29, 1.82) is 0 Å². The molecule has 0 aliphatic carbocycles. The molecule has 0 saturated heterocycles. The van der Waals surface area contributed by atoms with E-state index in [9.17, 15) is 9.90 Å². The van der Waals surface area contributed by atoms with E-state index in [4.69, 9.17) is 8.92 Å². The summed E-state index contributed by atoms with van der Waals surface area (Å²) in [5, 5.41) is 12.7. The van der Waals surface area contributed by atoms with Crippen molar-refractivity contribution in [2.24, 2.45) is 0 Å². The Hall–Kier alpha value is -2.32. The lowest BCUT2D eigenvalue weighted by Gasteiger charge is -2.44. The van der Waals surface area contributed by atoms with Crippen LogP contribution in [0.5, 0.6) is 11.5 Å². The summed E-state index contributed by atoms with van der Waals surface area (Å²) in [7, 11) is -1.26. The van der Waals surface area contributed by atoms with Gasteiger partial charge >= 0.3 is 0 Å². The van der Waals surface area contributed by atoms with E-state index in [1.165, 1.54) is 18.3 Å². The SMILES string of the molecule is Cc1cnc(NC(=O)c2cc(O)cc(OC(C)COS(C)(C)C(C)(C)C)c2)cn1. The predicted molar refractivity (Wildman–Crippen MR) is 118 cm³/mol. The van der Waals surface area contributed by atoms with E-state index in [0.717, 1.165) is 5.69 Å². The molecular weight excluding hydrogens is 390 g/mol. The summed E-state index contributed by atoms with van der Waals surface area (Å²) in [6.45, 7) is 10.6. The standard InChI is InChI=1S/C21H31N3O4S/c1-14-11-23-19(12-22-14)24-20(26)16-8-17(25)10-18(9-16)28-15(2)13-27-29(6,7)21(3,4)5/h8-12,15,25H,13H2,1-7H3,(H,23,24,26). The number of rotatable bonds is 7. The first kappa shape index (κ1) is 23.0. The minimum atomic E-state index is -1.26. The van der Waals surface area contributed by atoms with Crippen molar-refractivity contribution in [2.75, 3.05) is 24.4 Å². The van der Waals surface area contributed by atoms with Gasteiger partial charge in [-0.3, -0.25) is 9.78 Å². The van der Waals surface area contributed by atoms with Crippen molar-refractivity contribution in [2.45, 2.75) is 45.5 Å². The quantitative estimate of drug-likeness (QED) is 0.692. The average Bonchev–Trinajstić information content (AvgIpc) is 2.60. The van der Waals surface area contributed by atoms with Crippen molar-refractivity contribution in [1.82, 2.24) is 9.97 Å². The molecule has 0 fully saturated rings. The number of benzene rings is 1. The Kier molecular flexibility index (Phi) is 7.13. The Balaban J connectivity index is 2.04. The van der Waals surface area contributed by atoms with Gasteiger partial charge in [-0.15, -0.1) is 10.3 Å². The Bertz CT molecular complexity index is 848. The normalized spacial score (nSPS) is 13.6. The number of nitrogens with one attached hydrogen (secondary N) is 1. The molecule has 0 bridgehead atoms. The number of hydrogen-bond acceptors (Lipinski definition) is 6. The number of carbonyl (C=O) groups is 1. The number of phenols is 1. The number of hydrogen-bond donors (Lipinski definition) is 2. The topological polar surface area (TPSA) is 93.6 Å². The van der Waals surface area contributed by atoms with Gasteiger partial charge in [0.05, 0.1) is 24.7 Å². The molecule has 7 nitrogen and oxygen atoms in total. The van der Waals surface area contributed by atoms with E-state index >= 15 is 0 Å². The Morgan fingerprint density at radius 2 is 1.90 bits per heavy atom. The van der Waals surface area contributed by atoms with Crippen LogP contribution in [0.25, 0.3) is 0 Å². The fourth-order valence-electron chi connectivity index (χ4n) is 2.14. The minimum Gasteiger partial charge on any atom is -0.508 e. The summed E-state index contributed by atoms with van der Waals surface area (Å²) in [6.07, 6.45) is 7.06. The summed E-state index contributed by atoms with van der Waals surface area (Å²) in [5.41, 5.74) is 1.01. The maximum atomic E-state index is 12.5. The molecule has 1 unspecified atom stereocenters. The first-order chi connectivity index (χ1) is 13.4. The molecule has 1 aromatic heterocycles. The number of nitrogens with zero attached hydrogens (tertiary/aromatic N) is 2. The van der Waals surface area contributed by atoms with Crippen molar-refractivity contribution >= 4 is 22.0 Å². The van der Waals surface area contributed by atoms with Crippen LogP contribution < -0.4 is 10.1 Å². The van der Waals surface area contributed by atoms with Gasteiger partial charge in [-0.2, -0.15) is 0 Å². The van der Waals surface area contributed by atoms with Crippen LogP contribution in [-0.4, -0.2) is 51.0 Å². The second-order valence-corrected chi connectivity index (χ2v) is 12.2. The molecular formula is C21H31N3O4S. The molecule has 0 aliphatic heterocycles. The van der Waals surface area contributed by atoms with Crippen molar-refractivity contribution < 1.29 is 18.8 Å². The molecule has 2 rings (SSSR count). The third kappa shape index (κ3) is 6.61. The summed E-state index contributed by atoms with van der Waals surface area (Å²) in [4.78, 5) is 20.7. The van der Waals surface area contributed by atoms with E-state index in [1.54, 1.807) is 12.3 Å². The van der Waals surface area contributed by atoms with Crippen LogP contribution in [-0.2, 0) is 4.18 Å². The van der Waals surface area contributed by atoms with Gasteiger partial charge < -0.3 is 19.3 Å². The number of aromatic hydroxyl groups is 1.